The molecule has 2 heterocycles. The number of benzene rings is 1. The van der Waals surface area contributed by atoms with Crippen LogP contribution in [0.25, 0.3) is 11.1 Å². The third kappa shape index (κ3) is 2.32. The molecule has 1 aromatic carbocycles. The Balaban J connectivity index is 1.74. The lowest BCUT2D eigenvalue weighted by Gasteiger charge is -2.28. The van der Waals surface area contributed by atoms with Gasteiger partial charge in [-0.3, -0.25) is 4.90 Å². The number of likely N-dealkylation sites (tertiary alicyclic amines) is 1. The molecule has 18 heavy (non-hydrogen) atoms. The first-order chi connectivity index (χ1) is 8.70. The lowest BCUT2D eigenvalue weighted by molar-refractivity contribution is 0.0754. The van der Waals surface area contributed by atoms with Gasteiger partial charge in [0, 0.05) is 18.8 Å². The van der Waals surface area contributed by atoms with Crippen molar-refractivity contribution in [2.45, 2.75) is 25.5 Å². The molecule has 0 amide bonds. The van der Waals surface area contributed by atoms with E-state index in [1.807, 2.05) is 18.2 Å². The second kappa shape index (κ2) is 4.59. The number of aliphatic hydroxyl groups excluding tert-OH is 1. The summed E-state index contributed by atoms with van der Waals surface area (Å²) in [4.78, 5) is 6.69. The number of piperidine rings is 1. The van der Waals surface area contributed by atoms with Gasteiger partial charge in [-0.2, -0.15) is 0 Å². The number of hydrogen-bond donors (Lipinski definition) is 2. The Morgan fingerprint density at radius 1 is 1.39 bits per heavy atom. The van der Waals surface area contributed by atoms with E-state index in [-0.39, 0.29) is 6.10 Å². The molecule has 3 N–H and O–H groups in total. The first-order valence-corrected chi connectivity index (χ1v) is 6.26. The molecule has 1 saturated heterocycles. The minimum absolute atomic E-state index is 0.148. The van der Waals surface area contributed by atoms with Gasteiger partial charge in [0.05, 0.1) is 12.6 Å². The van der Waals surface area contributed by atoms with Crippen LogP contribution in [-0.2, 0) is 6.54 Å². The highest BCUT2D eigenvalue weighted by atomic mass is 16.3. The number of nitrogen functional groups attached to an aromatic ring is 1. The molecule has 0 bridgehead atoms. The molecule has 1 fully saturated rings. The lowest BCUT2D eigenvalue weighted by atomic mass is 10.1. The molecular formula is C13H17N3O2. The van der Waals surface area contributed by atoms with Gasteiger partial charge >= 0.3 is 0 Å². The normalized spacial score (nSPS) is 18.5. The summed E-state index contributed by atoms with van der Waals surface area (Å²) in [6.45, 7) is 2.48. The van der Waals surface area contributed by atoms with Crippen LogP contribution in [0, 0.1) is 0 Å². The second-order valence-electron chi connectivity index (χ2n) is 4.84. The summed E-state index contributed by atoms with van der Waals surface area (Å²) in [6.07, 6.45) is 1.50. The molecule has 0 aliphatic carbocycles. The zero-order chi connectivity index (χ0) is 12.5. The van der Waals surface area contributed by atoms with Crippen LogP contribution < -0.4 is 5.73 Å². The molecule has 0 spiro atoms. The lowest BCUT2D eigenvalue weighted by Crippen LogP contribution is -2.35. The van der Waals surface area contributed by atoms with Crippen molar-refractivity contribution in [3.05, 3.63) is 24.1 Å². The van der Waals surface area contributed by atoms with E-state index in [0.717, 1.165) is 37.0 Å². The smallest absolute Gasteiger partial charge is 0.209 e. The van der Waals surface area contributed by atoms with Gasteiger partial charge in [-0.15, -0.1) is 0 Å². The van der Waals surface area contributed by atoms with Crippen LogP contribution in [0.15, 0.2) is 22.6 Å². The molecule has 1 aliphatic rings. The zero-order valence-electron chi connectivity index (χ0n) is 10.2. The van der Waals surface area contributed by atoms with E-state index in [1.165, 1.54) is 0 Å². The van der Waals surface area contributed by atoms with Crippen LogP contribution in [0.5, 0.6) is 0 Å². The molecule has 0 saturated carbocycles. The highest BCUT2D eigenvalue weighted by molar-refractivity contribution is 5.76. The molecule has 96 valence electrons. The van der Waals surface area contributed by atoms with Gasteiger partial charge < -0.3 is 15.3 Å². The first kappa shape index (κ1) is 11.5. The van der Waals surface area contributed by atoms with Gasteiger partial charge in [-0.1, -0.05) is 0 Å². The third-order valence-corrected chi connectivity index (χ3v) is 3.37. The van der Waals surface area contributed by atoms with Crippen molar-refractivity contribution in [3.63, 3.8) is 0 Å². The molecular weight excluding hydrogens is 230 g/mol. The van der Waals surface area contributed by atoms with Crippen molar-refractivity contribution < 1.29 is 9.52 Å². The molecule has 1 aromatic heterocycles. The summed E-state index contributed by atoms with van der Waals surface area (Å²) >= 11 is 0. The summed E-state index contributed by atoms with van der Waals surface area (Å²) in [6, 6.07) is 5.48. The fourth-order valence-electron chi connectivity index (χ4n) is 2.33. The first-order valence-electron chi connectivity index (χ1n) is 6.26. The average Bonchev–Trinajstić information content (AvgIpc) is 2.73. The van der Waals surface area contributed by atoms with Crippen molar-refractivity contribution in [1.82, 2.24) is 9.88 Å². The maximum Gasteiger partial charge on any atom is 0.209 e. The maximum absolute atomic E-state index is 9.46. The second-order valence-corrected chi connectivity index (χ2v) is 4.84. The Kier molecular flexibility index (Phi) is 2.93. The van der Waals surface area contributed by atoms with Crippen LogP contribution in [0.1, 0.15) is 18.7 Å². The highest BCUT2D eigenvalue weighted by Crippen LogP contribution is 2.20. The van der Waals surface area contributed by atoms with Crippen molar-refractivity contribution in [3.8, 4) is 0 Å². The molecule has 0 atom stereocenters. The summed E-state index contributed by atoms with van der Waals surface area (Å²) in [5.41, 5.74) is 7.99. The Hall–Kier alpha value is -1.59. The average molecular weight is 247 g/mol. The minimum Gasteiger partial charge on any atom is -0.439 e. The number of oxazole rings is 1. The largest absolute Gasteiger partial charge is 0.439 e. The van der Waals surface area contributed by atoms with E-state index in [1.54, 1.807) is 0 Å². The summed E-state index contributed by atoms with van der Waals surface area (Å²) in [5, 5.41) is 9.46. The monoisotopic (exact) mass is 247 g/mol. The van der Waals surface area contributed by atoms with Crippen LogP contribution >= 0.6 is 0 Å². The highest BCUT2D eigenvalue weighted by Gasteiger charge is 2.18. The fraction of sp³-hybridized carbons (Fsp3) is 0.462. The van der Waals surface area contributed by atoms with Gasteiger partial charge in [-0.05, 0) is 31.0 Å². The van der Waals surface area contributed by atoms with Gasteiger partial charge in [0.2, 0.25) is 5.89 Å². The minimum atomic E-state index is -0.148. The molecule has 3 rings (SSSR count). The molecule has 0 unspecified atom stereocenters. The molecule has 0 radical (unpaired) electrons. The van der Waals surface area contributed by atoms with Crippen molar-refractivity contribution in [2.75, 3.05) is 18.8 Å². The predicted molar refractivity (Wildman–Crippen MR) is 68.9 cm³/mol. The number of anilines is 1. The van der Waals surface area contributed by atoms with E-state index in [9.17, 15) is 5.11 Å². The fourth-order valence-corrected chi connectivity index (χ4v) is 2.33. The number of rotatable bonds is 2. The quantitative estimate of drug-likeness (QED) is 0.784. The number of aliphatic hydroxyl groups is 1. The van der Waals surface area contributed by atoms with Gasteiger partial charge in [0.1, 0.15) is 5.52 Å². The van der Waals surface area contributed by atoms with Crippen molar-refractivity contribution in [2.24, 2.45) is 0 Å². The zero-order valence-corrected chi connectivity index (χ0v) is 10.2. The maximum atomic E-state index is 9.46. The standard InChI is InChI=1S/C13H17N3O2/c14-9-1-2-12-11(7-9)15-13(18-12)8-16-5-3-10(17)4-6-16/h1-2,7,10,17H,3-6,8,14H2. The number of nitrogens with zero attached hydrogens (tertiary/aromatic N) is 2. The Labute approximate surface area is 105 Å². The van der Waals surface area contributed by atoms with E-state index < -0.39 is 0 Å². The summed E-state index contributed by atoms with van der Waals surface area (Å²) in [5.74, 6) is 0.715. The Morgan fingerprint density at radius 3 is 2.94 bits per heavy atom. The van der Waals surface area contributed by atoms with Gasteiger partial charge in [0.25, 0.3) is 0 Å². The number of fused-ring (bicyclic) bond motifs is 1. The van der Waals surface area contributed by atoms with Gasteiger partial charge in [-0.25, -0.2) is 4.98 Å². The van der Waals surface area contributed by atoms with Crippen LogP contribution in [0.4, 0.5) is 5.69 Å². The van der Waals surface area contributed by atoms with Crippen LogP contribution in [0.2, 0.25) is 0 Å². The summed E-state index contributed by atoms with van der Waals surface area (Å²) < 4.78 is 5.68. The van der Waals surface area contributed by atoms with Crippen molar-refractivity contribution in [1.29, 1.82) is 0 Å². The van der Waals surface area contributed by atoms with E-state index >= 15 is 0 Å². The van der Waals surface area contributed by atoms with Crippen LogP contribution in [0.3, 0.4) is 0 Å². The topological polar surface area (TPSA) is 75.5 Å². The number of nitrogens with two attached hydrogens (primary N) is 1. The Morgan fingerprint density at radius 2 is 2.17 bits per heavy atom. The SMILES string of the molecule is Nc1ccc2oc(CN3CCC(O)CC3)nc2c1. The molecule has 2 aromatic rings. The third-order valence-electron chi connectivity index (χ3n) is 3.37. The van der Waals surface area contributed by atoms with Crippen molar-refractivity contribution >= 4 is 16.8 Å². The van der Waals surface area contributed by atoms with E-state index in [4.69, 9.17) is 10.2 Å². The van der Waals surface area contributed by atoms with E-state index in [0.29, 0.717) is 18.1 Å². The molecule has 5 nitrogen and oxygen atoms in total. The van der Waals surface area contributed by atoms with E-state index in [2.05, 4.69) is 9.88 Å². The Bertz CT molecular complexity index is 544. The van der Waals surface area contributed by atoms with Gasteiger partial charge in [0.15, 0.2) is 5.58 Å². The van der Waals surface area contributed by atoms with Crippen LogP contribution in [-0.4, -0.2) is 34.2 Å². The number of hydrogen-bond acceptors (Lipinski definition) is 5. The molecule has 1 aliphatic heterocycles. The molecule has 5 heteroatoms. The predicted octanol–water partition coefficient (Wildman–Crippen LogP) is 1.37. The number of aromatic nitrogens is 1. The summed E-state index contributed by atoms with van der Waals surface area (Å²) in [7, 11) is 0.